The van der Waals surface area contributed by atoms with E-state index in [4.69, 9.17) is 4.74 Å². The SMILES string of the molecule is COC(=O)C12CCC(C3=CC(c4c(-c5ccsc5C#N)c5cc(P)ccc5n4S(=O)c4ccc(C)cc4)=CCC3)(CC1)CC2. The van der Waals surface area contributed by atoms with Crippen LogP contribution in [-0.4, -0.2) is 21.3 Å². The Kier molecular flexibility index (Phi) is 7.52. The van der Waals surface area contributed by atoms with Crippen LogP contribution < -0.4 is 5.30 Å². The maximum atomic E-state index is 14.6. The van der Waals surface area contributed by atoms with E-state index >= 15 is 0 Å². The number of nitriles is 1. The first-order valence-electron chi connectivity index (χ1n) is 15.2. The normalized spacial score (nSPS) is 23.6. The van der Waals surface area contributed by atoms with Crippen LogP contribution in [0.2, 0.25) is 0 Å². The zero-order valence-corrected chi connectivity index (χ0v) is 27.8. The fourth-order valence-corrected chi connectivity index (χ4v) is 10.0. The van der Waals surface area contributed by atoms with Gasteiger partial charge >= 0.3 is 5.97 Å². The second kappa shape index (κ2) is 11.2. The Morgan fingerprint density at radius 1 is 1.07 bits per heavy atom. The van der Waals surface area contributed by atoms with Crippen LogP contribution in [0.5, 0.6) is 0 Å². The second-order valence-electron chi connectivity index (χ2n) is 12.6. The van der Waals surface area contributed by atoms with Crippen molar-refractivity contribution in [2.45, 2.75) is 63.2 Å². The van der Waals surface area contributed by atoms with Gasteiger partial charge in [0.05, 0.1) is 28.6 Å². The quantitative estimate of drug-likeness (QED) is 0.158. The van der Waals surface area contributed by atoms with Crippen molar-refractivity contribution in [1.29, 1.82) is 5.26 Å². The van der Waals surface area contributed by atoms with Crippen LogP contribution in [-0.2, 0) is 20.5 Å². The van der Waals surface area contributed by atoms with Crippen molar-refractivity contribution in [3.63, 3.8) is 0 Å². The van der Waals surface area contributed by atoms with Gasteiger partial charge in [-0.3, -0.25) is 8.77 Å². The van der Waals surface area contributed by atoms with E-state index < -0.39 is 11.0 Å². The Balaban J connectivity index is 1.43. The summed E-state index contributed by atoms with van der Waals surface area (Å²) in [6.07, 6.45) is 12.1. The van der Waals surface area contributed by atoms with Crippen molar-refractivity contribution < 1.29 is 13.7 Å². The van der Waals surface area contributed by atoms with Crippen molar-refractivity contribution in [2.24, 2.45) is 10.8 Å². The molecule has 4 aromatic rings. The molecule has 0 aliphatic heterocycles. The number of allylic oxidation sites excluding steroid dienone is 4. The summed E-state index contributed by atoms with van der Waals surface area (Å²) in [5, 5.41) is 14.1. The van der Waals surface area contributed by atoms with Crippen LogP contribution in [0.25, 0.3) is 27.6 Å². The van der Waals surface area contributed by atoms with Crippen molar-refractivity contribution in [1.82, 2.24) is 3.97 Å². The summed E-state index contributed by atoms with van der Waals surface area (Å²) in [4.78, 5) is 14.1. The molecule has 4 aliphatic carbocycles. The summed E-state index contributed by atoms with van der Waals surface area (Å²) in [6.45, 7) is 2.03. The minimum atomic E-state index is -1.52. The van der Waals surface area contributed by atoms with E-state index in [2.05, 4.69) is 39.6 Å². The number of fused-ring (bicyclic) bond motifs is 4. The first-order chi connectivity index (χ1) is 21.3. The van der Waals surface area contributed by atoms with Gasteiger partial charge in [0, 0.05) is 16.5 Å². The Labute approximate surface area is 267 Å². The maximum Gasteiger partial charge on any atom is 0.311 e. The Hall–Kier alpha value is -3.30. The number of nitrogens with zero attached hydrogens (tertiary/aromatic N) is 2. The highest BCUT2D eigenvalue weighted by Crippen LogP contribution is 2.61. The number of carbonyl (C=O) groups is 1. The summed E-state index contributed by atoms with van der Waals surface area (Å²) in [7, 11) is 2.78. The molecule has 2 aromatic carbocycles. The summed E-state index contributed by atoms with van der Waals surface area (Å²) in [5.41, 5.74) is 6.99. The number of benzene rings is 2. The predicted octanol–water partition coefficient (Wildman–Crippen LogP) is 8.24. The fraction of sp³-hybridized carbons (Fsp3) is 0.333. The molecule has 3 fully saturated rings. The van der Waals surface area contributed by atoms with Crippen molar-refractivity contribution in [2.75, 3.05) is 7.11 Å². The lowest BCUT2D eigenvalue weighted by molar-refractivity contribution is -0.161. The molecule has 0 radical (unpaired) electrons. The number of aryl methyl sites for hydroxylation is 1. The van der Waals surface area contributed by atoms with Crippen LogP contribution in [0.4, 0.5) is 0 Å². The first-order valence-corrected chi connectivity index (χ1v) is 17.8. The molecule has 2 atom stereocenters. The number of thiophene rings is 1. The van der Waals surface area contributed by atoms with E-state index in [0.717, 1.165) is 100 Å². The van der Waals surface area contributed by atoms with Gasteiger partial charge in [-0.2, -0.15) is 5.26 Å². The highest BCUT2D eigenvalue weighted by atomic mass is 32.2. The number of esters is 1. The lowest BCUT2D eigenvalue weighted by atomic mass is 9.51. The number of aromatic nitrogens is 1. The summed E-state index contributed by atoms with van der Waals surface area (Å²) < 4.78 is 21.8. The third-order valence-corrected chi connectivity index (χ3v) is 12.9. The van der Waals surface area contributed by atoms with E-state index in [9.17, 15) is 14.3 Å². The van der Waals surface area contributed by atoms with Crippen LogP contribution in [0.1, 0.15) is 67.5 Å². The molecule has 224 valence electrons. The van der Waals surface area contributed by atoms with Gasteiger partial charge in [-0.25, -0.2) is 4.21 Å². The predicted molar refractivity (Wildman–Crippen MR) is 182 cm³/mol. The van der Waals surface area contributed by atoms with Gasteiger partial charge in [0.2, 0.25) is 0 Å². The number of rotatable bonds is 6. The van der Waals surface area contributed by atoms with Gasteiger partial charge in [0.1, 0.15) is 10.9 Å². The van der Waals surface area contributed by atoms with Gasteiger partial charge in [-0.15, -0.1) is 20.6 Å². The van der Waals surface area contributed by atoms with E-state index in [0.29, 0.717) is 4.88 Å². The molecule has 2 aromatic heterocycles. The van der Waals surface area contributed by atoms with E-state index in [1.54, 1.807) is 0 Å². The zero-order chi connectivity index (χ0) is 30.6. The largest absolute Gasteiger partial charge is 0.469 e. The van der Waals surface area contributed by atoms with Gasteiger partial charge in [0.25, 0.3) is 0 Å². The van der Waals surface area contributed by atoms with Gasteiger partial charge < -0.3 is 4.74 Å². The van der Waals surface area contributed by atoms with Crippen LogP contribution >= 0.6 is 20.6 Å². The number of carbonyl (C=O) groups excluding carboxylic acids is 1. The van der Waals surface area contributed by atoms with Crippen LogP contribution in [0, 0.1) is 29.1 Å². The molecule has 4 aliphatic rings. The molecule has 0 saturated heterocycles. The highest BCUT2D eigenvalue weighted by Gasteiger charge is 2.54. The summed E-state index contributed by atoms with van der Waals surface area (Å²) in [5.74, 6) is -0.0470. The van der Waals surface area contributed by atoms with Gasteiger partial charge in [-0.1, -0.05) is 41.5 Å². The summed E-state index contributed by atoms with van der Waals surface area (Å²) in [6, 6.07) is 18.6. The van der Waals surface area contributed by atoms with Gasteiger partial charge in [0.15, 0.2) is 11.0 Å². The molecule has 2 heterocycles. The standard InChI is InChI=1S/C36H35N2O3PS2/c1-23-6-9-27(10-7-23)44(40)38-30-11-8-26(42)21-29(30)32(28-12-19-43-31(28)22-37)33(38)24-4-3-5-25(20-24)35-13-16-36(17-14-35,18-15-35)34(39)41-2/h4,6-12,19-21H,3,5,13-18,42H2,1-2H3. The van der Waals surface area contributed by atoms with E-state index in [1.165, 1.54) is 24.0 Å². The molecular weight excluding hydrogens is 604 g/mol. The monoisotopic (exact) mass is 638 g/mol. The average Bonchev–Trinajstić information content (AvgIpc) is 3.67. The summed E-state index contributed by atoms with van der Waals surface area (Å²) >= 11 is 1.44. The Bertz CT molecular complexity index is 1920. The number of methoxy groups -OCH3 is 1. The molecular formula is C36H35N2O3PS2. The molecule has 5 nitrogen and oxygen atoms in total. The zero-order valence-electron chi connectivity index (χ0n) is 25.0. The number of ether oxygens (including phenoxy) is 1. The third kappa shape index (κ3) is 4.66. The number of hydrogen-bond donors (Lipinski definition) is 0. The molecule has 3 saturated carbocycles. The lowest BCUT2D eigenvalue weighted by Gasteiger charge is -2.53. The van der Waals surface area contributed by atoms with Crippen LogP contribution in [0.3, 0.4) is 0 Å². The molecule has 2 bridgehead atoms. The molecule has 8 rings (SSSR count). The molecule has 0 amide bonds. The minimum Gasteiger partial charge on any atom is -0.469 e. The molecule has 44 heavy (non-hydrogen) atoms. The van der Waals surface area contributed by atoms with Crippen molar-refractivity contribution in [3.05, 3.63) is 87.8 Å². The van der Waals surface area contributed by atoms with Crippen molar-refractivity contribution >= 4 is 59.3 Å². The topological polar surface area (TPSA) is 72.1 Å². The smallest absolute Gasteiger partial charge is 0.311 e. The van der Waals surface area contributed by atoms with Crippen molar-refractivity contribution in [3.8, 4) is 17.2 Å². The highest BCUT2D eigenvalue weighted by molar-refractivity contribution is 7.83. The lowest BCUT2D eigenvalue weighted by Crippen LogP contribution is -2.47. The Morgan fingerprint density at radius 3 is 2.48 bits per heavy atom. The molecule has 0 N–H and O–H groups in total. The molecule has 2 unspecified atom stereocenters. The third-order valence-electron chi connectivity index (χ3n) is 10.3. The van der Waals surface area contributed by atoms with E-state index in [-0.39, 0.29) is 16.8 Å². The molecule has 0 spiro atoms. The Morgan fingerprint density at radius 2 is 1.80 bits per heavy atom. The number of hydrogen-bond acceptors (Lipinski definition) is 5. The van der Waals surface area contributed by atoms with Crippen LogP contribution in [0.15, 0.2) is 76.5 Å². The minimum absolute atomic E-state index is 0.0470. The second-order valence-corrected chi connectivity index (χ2v) is 15.5. The van der Waals surface area contributed by atoms with Gasteiger partial charge in [-0.05, 0) is 110 Å². The first kappa shape index (κ1) is 29.4. The van der Waals surface area contributed by atoms with E-state index in [1.807, 2.05) is 52.7 Å². The fourth-order valence-electron chi connectivity index (χ4n) is 7.82. The molecule has 8 heteroatoms. The average molecular weight is 639 g/mol. The maximum absolute atomic E-state index is 14.6.